The van der Waals surface area contributed by atoms with Gasteiger partial charge in [0.2, 0.25) is 0 Å². The van der Waals surface area contributed by atoms with Gasteiger partial charge in [-0.3, -0.25) is 13.8 Å². The fourth-order valence-electron chi connectivity index (χ4n) is 6.10. The number of phosphoric acid groups is 1. The Kier molecular flexibility index (Phi) is 41.1. The number of carbonyl (C=O) groups is 1. The third-order valence-corrected chi connectivity index (χ3v) is 10.7. The molecule has 0 aliphatic rings. The fraction of sp³-hybridized carbons (Fsp3) is 0.740. The summed E-state index contributed by atoms with van der Waals surface area (Å²) in [5, 5.41) is 0. The summed E-state index contributed by atoms with van der Waals surface area (Å²) in [6, 6.07) is 0. The van der Waals surface area contributed by atoms with Crippen molar-refractivity contribution in [1.29, 1.82) is 0 Å². The van der Waals surface area contributed by atoms with Crippen LogP contribution in [0.2, 0.25) is 0 Å². The van der Waals surface area contributed by atoms with E-state index in [1.165, 1.54) is 70.6 Å². The molecule has 1 N–H and O–H groups in total. The summed E-state index contributed by atoms with van der Waals surface area (Å²) in [5.41, 5.74) is 0. The summed E-state index contributed by atoms with van der Waals surface area (Å²) in [7, 11) is 1.64. The van der Waals surface area contributed by atoms with Crippen molar-refractivity contribution in [3.8, 4) is 0 Å². The van der Waals surface area contributed by atoms with Gasteiger partial charge in [0.15, 0.2) is 0 Å². The molecule has 2 atom stereocenters. The van der Waals surface area contributed by atoms with E-state index in [9.17, 15) is 14.3 Å². The SMILES string of the molecule is CC/C=C\C/C=C\C/C=C\CCCCCCCC(=O)OC(COCCCCCCCCC/C=C\C/C=C\C/C=C\CCCCCCC)COP(=O)(O)OCC[N+](C)(C)C. The summed E-state index contributed by atoms with van der Waals surface area (Å²) in [6.07, 6.45) is 55.1. The molecule has 0 aliphatic heterocycles. The average molecular weight is 849 g/mol. The number of ether oxygens (including phenoxy) is 2. The zero-order valence-corrected chi connectivity index (χ0v) is 39.6. The van der Waals surface area contributed by atoms with E-state index in [1.54, 1.807) is 0 Å². The minimum Gasteiger partial charge on any atom is -0.457 e. The fourth-order valence-corrected chi connectivity index (χ4v) is 6.84. The van der Waals surface area contributed by atoms with E-state index in [1.807, 2.05) is 21.1 Å². The Labute approximate surface area is 363 Å². The van der Waals surface area contributed by atoms with Gasteiger partial charge in [-0.1, -0.05) is 164 Å². The molecule has 0 spiro atoms. The molecule has 9 heteroatoms. The predicted molar refractivity (Wildman–Crippen MR) is 252 cm³/mol. The van der Waals surface area contributed by atoms with Crippen LogP contribution in [0.5, 0.6) is 0 Å². The highest BCUT2D eigenvalue weighted by molar-refractivity contribution is 7.47. The van der Waals surface area contributed by atoms with Crippen molar-refractivity contribution in [1.82, 2.24) is 0 Å². The largest absolute Gasteiger partial charge is 0.472 e. The van der Waals surface area contributed by atoms with Crippen molar-refractivity contribution in [2.24, 2.45) is 0 Å². The molecular formula is C50H91NO7P+. The van der Waals surface area contributed by atoms with E-state index in [4.69, 9.17) is 18.5 Å². The number of hydrogen-bond donors (Lipinski definition) is 1. The third-order valence-electron chi connectivity index (χ3n) is 9.75. The van der Waals surface area contributed by atoms with Gasteiger partial charge in [-0.05, 0) is 83.5 Å². The molecule has 0 saturated heterocycles. The van der Waals surface area contributed by atoms with E-state index in [-0.39, 0.29) is 25.8 Å². The molecule has 59 heavy (non-hydrogen) atoms. The zero-order chi connectivity index (χ0) is 43.4. The molecule has 0 fully saturated rings. The van der Waals surface area contributed by atoms with Crippen molar-refractivity contribution < 1.29 is 37.3 Å². The Balaban J connectivity index is 4.23. The first-order chi connectivity index (χ1) is 28.6. The van der Waals surface area contributed by atoms with Crippen LogP contribution in [0, 0.1) is 0 Å². The Morgan fingerprint density at radius 3 is 1.47 bits per heavy atom. The van der Waals surface area contributed by atoms with Gasteiger partial charge in [0.05, 0.1) is 34.4 Å². The van der Waals surface area contributed by atoms with Crippen LogP contribution in [-0.2, 0) is 27.9 Å². The van der Waals surface area contributed by atoms with Gasteiger partial charge in [0.1, 0.15) is 19.3 Å². The number of nitrogens with zero attached hydrogens (tertiary/aromatic N) is 1. The van der Waals surface area contributed by atoms with Gasteiger partial charge in [-0.25, -0.2) is 4.57 Å². The second-order valence-corrected chi connectivity index (χ2v) is 18.2. The Hall–Kier alpha value is -2.06. The van der Waals surface area contributed by atoms with E-state index >= 15 is 0 Å². The predicted octanol–water partition coefficient (Wildman–Crippen LogP) is 14.3. The number of rotatable bonds is 43. The van der Waals surface area contributed by atoms with E-state index in [0.29, 0.717) is 24.1 Å². The zero-order valence-electron chi connectivity index (χ0n) is 38.7. The molecule has 8 nitrogen and oxygen atoms in total. The normalized spacial score (nSPS) is 14.3. The smallest absolute Gasteiger partial charge is 0.457 e. The Bertz CT molecular complexity index is 1170. The van der Waals surface area contributed by atoms with E-state index < -0.39 is 13.9 Å². The number of likely N-dealkylation sites (N-methyl/N-ethyl adjacent to an activating group) is 1. The second-order valence-electron chi connectivity index (χ2n) is 16.8. The lowest BCUT2D eigenvalue weighted by Gasteiger charge is -2.24. The molecule has 2 unspecified atom stereocenters. The molecule has 0 aromatic heterocycles. The van der Waals surface area contributed by atoms with Crippen LogP contribution in [0.25, 0.3) is 0 Å². The summed E-state index contributed by atoms with van der Waals surface area (Å²) in [4.78, 5) is 22.9. The molecule has 0 saturated carbocycles. The minimum absolute atomic E-state index is 0.0791. The summed E-state index contributed by atoms with van der Waals surface area (Å²) in [5.74, 6) is -0.337. The number of quaternary nitrogens is 1. The molecule has 342 valence electrons. The lowest BCUT2D eigenvalue weighted by atomic mass is 10.1. The molecule has 0 rings (SSSR count). The standard InChI is InChI=1S/C50H90NO7P/c1-6-8-10-12-14-16-18-20-22-23-24-25-26-27-28-30-32-34-36-38-40-42-45-55-47-49(48-57-59(53,54)56-46-44-51(3,4)5)58-50(52)43-41-39-37-35-33-31-29-21-19-17-15-13-11-9-7-2/h9,11,15,17-18,20-21,23-24,26-27,29,49H,6-8,10,12-14,16,19,22,25,28,30-48H2,1-5H3/p+1/b11-9-,17-15-,20-18-,24-23-,27-26-,29-21-. The van der Waals surface area contributed by atoms with Crippen molar-refractivity contribution in [2.45, 2.75) is 187 Å². The van der Waals surface area contributed by atoms with Gasteiger partial charge in [0.25, 0.3) is 0 Å². The number of esters is 1. The monoisotopic (exact) mass is 849 g/mol. The molecule has 0 amide bonds. The van der Waals surface area contributed by atoms with E-state index in [0.717, 1.165) is 89.9 Å². The lowest BCUT2D eigenvalue weighted by Crippen LogP contribution is -2.37. The third kappa shape index (κ3) is 46.9. The van der Waals surface area contributed by atoms with Crippen LogP contribution in [-0.4, -0.2) is 75.6 Å². The first-order valence-corrected chi connectivity index (χ1v) is 25.2. The quantitative estimate of drug-likeness (QED) is 0.0215. The number of phosphoric ester groups is 1. The highest BCUT2D eigenvalue weighted by Gasteiger charge is 2.26. The number of carbonyl (C=O) groups excluding carboxylic acids is 1. The van der Waals surface area contributed by atoms with E-state index in [2.05, 4.69) is 86.8 Å². The minimum atomic E-state index is -4.29. The van der Waals surface area contributed by atoms with Crippen LogP contribution < -0.4 is 0 Å². The molecule has 0 aromatic rings. The molecule has 0 aromatic carbocycles. The van der Waals surface area contributed by atoms with Gasteiger partial charge in [0, 0.05) is 13.0 Å². The average Bonchev–Trinajstić information content (AvgIpc) is 3.19. The van der Waals surface area contributed by atoms with Crippen LogP contribution in [0.1, 0.15) is 181 Å². The van der Waals surface area contributed by atoms with Crippen molar-refractivity contribution in [3.63, 3.8) is 0 Å². The van der Waals surface area contributed by atoms with Crippen molar-refractivity contribution in [3.05, 3.63) is 72.9 Å². The number of unbranched alkanes of at least 4 members (excludes halogenated alkanes) is 17. The van der Waals surface area contributed by atoms with Crippen molar-refractivity contribution >= 4 is 13.8 Å². The maximum Gasteiger partial charge on any atom is 0.472 e. The molecule has 0 bridgehead atoms. The second kappa shape index (κ2) is 42.6. The Morgan fingerprint density at radius 1 is 0.542 bits per heavy atom. The summed E-state index contributed by atoms with van der Waals surface area (Å²) >= 11 is 0. The number of allylic oxidation sites excluding steroid dienone is 12. The summed E-state index contributed by atoms with van der Waals surface area (Å²) in [6.45, 7) is 5.44. The molecule has 0 radical (unpaired) electrons. The molecular weight excluding hydrogens is 758 g/mol. The van der Waals surface area contributed by atoms with Crippen LogP contribution >= 0.6 is 7.82 Å². The van der Waals surface area contributed by atoms with Gasteiger partial charge in [-0.15, -0.1) is 0 Å². The van der Waals surface area contributed by atoms with Crippen LogP contribution in [0.15, 0.2) is 72.9 Å². The highest BCUT2D eigenvalue weighted by atomic mass is 31.2. The van der Waals surface area contributed by atoms with Crippen molar-refractivity contribution in [2.75, 3.05) is 54.1 Å². The molecule has 0 aliphatic carbocycles. The number of hydrogen-bond acceptors (Lipinski definition) is 6. The van der Waals surface area contributed by atoms with Gasteiger partial charge in [-0.2, -0.15) is 0 Å². The Morgan fingerprint density at radius 2 is 0.983 bits per heavy atom. The van der Waals surface area contributed by atoms with Crippen LogP contribution in [0.3, 0.4) is 0 Å². The van der Waals surface area contributed by atoms with Gasteiger partial charge >= 0.3 is 13.8 Å². The summed E-state index contributed by atoms with van der Waals surface area (Å²) < 4.78 is 35.0. The lowest BCUT2D eigenvalue weighted by molar-refractivity contribution is -0.870. The first kappa shape index (κ1) is 56.9. The maximum atomic E-state index is 12.7. The molecule has 0 heterocycles. The van der Waals surface area contributed by atoms with Gasteiger partial charge < -0.3 is 18.9 Å². The maximum absolute atomic E-state index is 12.7. The van der Waals surface area contributed by atoms with Crippen LogP contribution in [0.4, 0.5) is 0 Å². The topological polar surface area (TPSA) is 91.3 Å². The first-order valence-electron chi connectivity index (χ1n) is 23.7. The highest BCUT2D eigenvalue weighted by Crippen LogP contribution is 2.43.